The Balaban J connectivity index is 2.30. The monoisotopic (exact) mass is 282 g/mol. The number of carbonyl (C=O) groups is 1. The predicted octanol–water partition coefficient (Wildman–Crippen LogP) is 3.93. The highest BCUT2D eigenvalue weighted by atomic mass is 16.5. The molecule has 1 amide bonds. The summed E-state index contributed by atoms with van der Waals surface area (Å²) in [7, 11) is 0. The van der Waals surface area contributed by atoms with E-state index in [4.69, 9.17) is 10.3 Å². The second kappa shape index (κ2) is 4.75. The van der Waals surface area contributed by atoms with Gasteiger partial charge in [0.2, 0.25) is 0 Å². The number of hydrogen-bond donors (Lipinski definition) is 3. The van der Waals surface area contributed by atoms with Crippen LogP contribution in [0.15, 0.2) is 47.6 Å². The average Bonchev–Trinajstić information content (AvgIpc) is 2.52. The molecule has 3 aromatic carbocycles. The van der Waals surface area contributed by atoms with Crippen molar-refractivity contribution >= 4 is 27.6 Å². The van der Waals surface area contributed by atoms with Gasteiger partial charge in [0, 0.05) is 21.5 Å². The van der Waals surface area contributed by atoms with Crippen molar-refractivity contribution in [2.24, 2.45) is 5.11 Å². The van der Waals surface area contributed by atoms with E-state index in [1.54, 1.807) is 24.3 Å². The quantitative estimate of drug-likeness (QED) is 0.357. The molecular formula is C15H10N2O4. The Morgan fingerprint density at radius 2 is 1.52 bits per heavy atom. The van der Waals surface area contributed by atoms with E-state index in [9.17, 15) is 15.0 Å². The van der Waals surface area contributed by atoms with Crippen molar-refractivity contribution in [3.8, 4) is 17.2 Å². The summed E-state index contributed by atoms with van der Waals surface area (Å²) in [5.41, 5.74) is 6.57. The lowest BCUT2D eigenvalue weighted by molar-refractivity contribution is 0.208. The number of nitrogens with one attached hydrogen (secondary N) is 1. The molecule has 3 aromatic rings. The molecule has 0 aliphatic carbocycles. The van der Waals surface area contributed by atoms with E-state index in [0.29, 0.717) is 21.5 Å². The SMILES string of the molecule is N=NC(=O)Oc1ccc2c(O)c3ccccc3c(O)c2c1. The third-order valence-corrected chi connectivity index (χ3v) is 3.24. The Kier molecular flexibility index (Phi) is 2.91. The van der Waals surface area contributed by atoms with Crippen LogP contribution in [0.3, 0.4) is 0 Å². The first kappa shape index (κ1) is 12.9. The molecule has 0 heterocycles. The lowest BCUT2D eigenvalue weighted by Gasteiger charge is -2.10. The molecule has 0 saturated carbocycles. The predicted molar refractivity (Wildman–Crippen MR) is 76.0 cm³/mol. The molecule has 0 spiro atoms. The van der Waals surface area contributed by atoms with E-state index in [-0.39, 0.29) is 17.2 Å². The van der Waals surface area contributed by atoms with Gasteiger partial charge in [-0.1, -0.05) is 29.4 Å². The van der Waals surface area contributed by atoms with E-state index in [2.05, 4.69) is 5.11 Å². The lowest BCUT2D eigenvalue weighted by atomic mass is 10.0. The number of hydrogen-bond acceptors (Lipinski definition) is 5. The van der Waals surface area contributed by atoms with Gasteiger partial charge in [-0.3, -0.25) is 0 Å². The van der Waals surface area contributed by atoms with Gasteiger partial charge >= 0.3 is 6.09 Å². The summed E-state index contributed by atoms with van der Waals surface area (Å²) in [6, 6.07) is 11.3. The van der Waals surface area contributed by atoms with Gasteiger partial charge in [0.15, 0.2) is 0 Å². The Morgan fingerprint density at radius 3 is 2.14 bits per heavy atom. The van der Waals surface area contributed by atoms with Gasteiger partial charge in [0.1, 0.15) is 17.2 Å². The molecule has 0 radical (unpaired) electrons. The molecule has 3 N–H and O–H groups in total. The number of rotatable bonds is 1. The normalized spacial score (nSPS) is 10.7. The summed E-state index contributed by atoms with van der Waals surface area (Å²) < 4.78 is 4.79. The van der Waals surface area contributed by atoms with Gasteiger partial charge in [-0.15, -0.1) is 0 Å². The van der Waals surface area contributed by atoms with Crippen LogP contribution in [-0.2, 0) is 0 Å². The molecule has 0 saturated heterocycles. The summed E-state index contributed by atoms with van der Waals surface area (Å²) >= 11 is 0. The average molecular weight is 282 g/mol. The Labute approximate surface area is 118 Å². The molecule has 0 fully saturated rings. The van der Waals surface area contributed by atoms with Crippen LogP contribution in [0.1, 0.15) is 0 Å². The zero-order valence-electron chi connectivity index (χ0n) is 10.7. The van der Waals surface area contributed by atoms with Gasteiger partial charge in [0.25, 0.3) is 0 Å². The van der Waals surface area contributed by atoms with Crippen LogP contribution in [0, 0.1) is 5.53 Å². The minimum atomic E-state index is -1.06. The fourth-order valence-electron chi connectivity index (χ4n) is 2.30. The summed E-state index contributed by atoms with van der Waals surface area (Å²) in [5.74, 6) is 0.161. The minimum absolute atomic E-state index is 0.0147. The molecule has 0 atom stereocenters. The zero-order chi connectivity index (χ0) is 15.0. The summed E-state index contributed by atoms with van der Waals surface area (Å²) in [5, 5.41) is 25.1. The topological polar surface area (TPSA) is 103 Å². The molecule has 6 heteroatoms. The van der Waals surface area contributed by atoms with Crippen LogP contribution in [0.2, 0.25) is 0 Å². The molecule has 0 aliphatic heterocycles. The maximum Gasteiger partial charge on any atom is 0.457 e. The number of nitrogens with zero attached hydrogens (tertiary/aromatic N) is 1. The highest BCUT2D eigenvalue weighted by Crippen LogP contribution is 2.42. The number of aromatic hydroxyl groups is 2. The van der Waals surface area contributed by atoms with E-state index < -0.39 is 6.09 Å². The van der Waals surface area contributed by atoms with Crippen LogP contribution >= 0.6 is 0 Å². The fraction of sp³-hybridized carbons (Fsp3) is 0. The second-order valence-corrected chi connectivity index (χ2v) is 4.43. The molecule has 3 rings (SSSR count). The Bertz CT molecular complexity index is 890. The highest BCUT2D eigenvalue weighted by Gasteiger charge is 2.14. The molecule has 0 bridgehead atoms. The number of phenols is 2. The number of ether oxygens (including phenoxy) is 1. The highest BCUT2D eigenvalue weighted by molar-refractivity contribution is 6.10. The first-order valence-corrected chi connectivity index (χ1v) is 6.07. The van der Waals surface area contributed by atoms with Gasteiger partial charge < -0.3 is 14.9 Å². The van der Waals surface area contributed by atoms with Gasteiger partial charge in [-0.2, -0.15) is 5.53 Å². The second-order valence-electron chi connectivity index (χ2n) is 4.43. The van der Waals surface area contributed by atoms with Gasteiger partial charge in [0.05, 0.1) is 0 Å². The number of phenolic OH excluding ortho intramolecular Hbond substituents is 2. The summed E-state index contributed by atoms with van der Waals surface area (Å²) in [6.45, 7) is 0. The maximum atomic E-state index is 11.0. The van der Waals surface area contributed by atoms with E-state index in [1.807, 2.05) is 0 Å². The minimum Gasteiger partial charge on any atom is -0.507 e. The number of benzene rings is 3. The van der Waals surface area contributed by atoms with Crippen LogP contribution in [0.5, 0.6) is 17.2 Å². The van der Waals surface area contributed by atoms with Gasteiger partial charge in [-0.05, 0) is 18.2 Å². The van der Waals surface area contributed by atoms with Crippen LogP contribution in [0.4, 0.5) is 4.79 Å². The smallest absolute Gasteiger partial charge is 0.457 e. The molecule has 0 aromatic heterocycles. The first-order chi connectivity index (χ1) is 10.1. The number of carbonyl (C=O) groups excluding carboxylic acids is 1. The molecule has 6 nitrogen and oxygen atoms in total. The fourth-order valence-corrected chi connectivity index (χ4v) is 2.30. The van der Waals surface area contributed by atoms with E-state index in [1.165, 1.54) is 18.2 Å². The van der Waals surface area contributed by atoms with E-state index >= 15 is 0 Å². The largest absolute Gasteiger partial charge is 0.507 e. The molecule has 21 heavy (non-hydrogen) atoms. The van der Waals surface area contributed by atoms with Gasteiger partial charge in [-0.25, -0.2) is 4.79 Å². The first-order valence-electron chi connectivity index (χ1n) is 6.07. The Hall–Kier alpha value is -3.15. The Morgan fingerprint density at radius 1 is 0.952 bits per heavy atom. The zero-order valence-corrected chi connectivity index (χ0v) is 10.7. The van der Waals surface area contributed by atoms with Crippen LogP contribution < -0.4 is 4.74 Å². The van der Waals surface area contributed by atoms with Crippen molar-refractivity contribution in [2.75, 3.05) is 0 Å². The van der Waals surface area contributed by atoms with E-state index in [0.717, 1.165) is 0 Å². The van der Waals surface area contributed by atoms with Crippen molar-refractivity contribution in [3.05, 3.63) is 42.5 Å². The molecule has 0 aliphatic rings. The van der Waals surface area contributed by atoms with Crippen LogP contribution in [0.25, 0.3) is 21.5 Å². The summed E-state index contributed by atoms with van der Waals surface area (Å²) in [4.78, 5) is 11.0. The third kappa shape index (κ3) is 2.02. The van der Waals surface area contributed by atoms with Crippen molar-refractivity contribution in [1.82, 2.24) is 0 Å². The standard InChI is InChI=1S/C15H10N2O4/c16-17-15(20)21-8-5-6-11-12(7-8)14(19)10-4-2-1-3-9(10)13(11)18/h1-7,16,18-19H. The molecule has 0 unspecified atom stereocenters. The van der Waals surface area contributed by atoms with Crippen molar-refractivity contribution < 1.29 is 19.7 Å². The number of amides is 1. The van der Waals surface area contributed by atoms with Crippen LogP contribution in [-0.4, -0.2) is 16.3 Å². The lowest BCUT2D eigenvalue weighted by Crippen LogP contribution is -2.00. The number of fused-ring (bicyclic) bond motifs is 2. The van der Waals surface area contributed by atoms with Crippen molar-refractivity contribution in [1.29, 1.82) is 5.53 Å². The maximum absolute atomic E-state index is 11.0. The third-order valence-electron chi connectivity index (χ3n) is 3.24. The summed E-state index contributed by atoms with van der Waals surface area (Å²) in [6.07, 6.45) is -1.06. The van der Waals surface area contributed by atoms with Crippen molar-refractivity contribution in [3.63, 3.8) is 0 Å². The molecular weight excluding hydrogens is 272 g/mol. The molecule has 104 valence electrons. The van der Waals surface area contributed by atoms with Crippen molar-refractivity contribution in [2.45, 2.75) is 0 Å².